The minimum atomic E-state index is 0.0771. The second kappa shape index (κ2) is 22.2. The predicted octanol–water partition coefficient (Wildman–Crippen LogP) is 14.0. The van der Waals surface area contributed by atoms with Crippen LogP contribution in [0.2, 0.25) is 0 Å². The van der Waals surface area contributed by atoms with Gasteiger partial charge in [-0.1, -0.05) is 48.5 Å². The van der Waals surface area contributed by atoms with E-state index >= 15 is 0 Å². The van der Waals surface area contributed by atoms with Crippen molar-refractivity contribution in [3.63, 3.8) is 0 Å². The highest BCUT2D eigenvalue weighted by Gasteiger charge is 2.31. The molecule has 0 amide bonds. The van der Waals surface area contributed by atoms with Crippen molar-refractivity contribution in [1.29, 1.82) is 0 Å². The van der Waals surface area contributed by atoms with Gasteiger partial charge in [0.2, 0.25) is 0 Å². The summed E-state index contributed by atoms with van der Waals surface area (Å²) in [4.78, 5) is 35.1. The van der Waals surface area contributed by atoms with Gasteiger partial charge in [0.15, 0.2) is 11.5 Å². The van der Waals surface area contributed by atoms with Crippen LogP contribution in [0.5, 0.6) is 28.7 Å². The zero-order valence-electron chi connectivity index (χ0n) is 47.7. The van der Waals surface area contributed by atoms with Gasteiger partial charge in [-0.2, -0.15) is 0 Å². The molecule has 0 saturated carbocycles. The summed E-state index contributed by atoms with van der Waals surface area (Å²) in [6.45, 7) is 9.85. The van der Waals surface area contributed by atoms with Crippen LogP contribution in [-0.2, 0) is 25.7 Å². The molecule has 8 heterocycles. The molecule has 5 N–H and O–H groups in total. The first-order chi connectivity index (χ1) is 40.1. The fraction of sp³-hybridized carbons (Fsp3) is 0.304. The molecule has 0 radical (unpaired) electrons. The van der Waals surface area contributed by atoms with Crippen molar-refractivity contribution in [3.05, 3.63) is 183 Å². The molecule has 10 aromatic rings. The Morgan fingerprint density at radius 2 is 0.866 bits per heavy atom. The molecule has 4 aliphatic rings. The third-order valence-electron chi connectivity index (χ3n) is 17.3. The maximum atomic E-state index is 10.5. The number of hydrogen-bond acceptors (Lipinski definition) is 9. The number of fused-ring (bicyclic) bond motifs is 12. The summed E-state index contributed by atoms with van der Waals surface area (Å²) in [7, 11) is 5.17. The first-order valence-corrected chi connectivity index (χ1v) is 29.0. The predicted molar refractivity (Wildman–Crippen MR) is 332 cm³/mol. The molecule has 13 heteroatoms. The van der Waals surface area contributed by atoms with E-state index in [1.54, 1.807) is 27.4 Å². The molecule has 6 aromatic carbocycles. The van der Waals surface area contributed by atoms with Crippen LogP contribution >= 0.6 is 0 Å². The van der Waals surface area contributed by atoms with E-state index in [-0.39, 0.29) is 17.6 Å². The third-order valence-corrected chi connectivity index (χ3v) is 17.3. The summed E-state index contributed by atoms with van der Waals surface area (Å²) in [6.07, 6.45) is 6.85. The van der Waals surface area contributed by atoms with Crippen molar-refractivity contribution < 1.29 is 24.1 Å². The van der Waals surface area contributed by atoms with Gasteiger partial charge in [0, 0.05) is 81.9 Å². The van der Waals surface area contributed by atoms with Crippen molar-refractivity contribution in [3.8, 4) is 28.7 Å². The molecule has 4 aliphatic heterocycles. The van der Waals surface area contributed by atoms with Crippen molar-refractivity contribution in [2.24, 2.45) is 20.0 Å². The smallest absolute Gasteiger partial charge is 0.161 e. The Morgan fingerprint density at radius 3 is 1.29 bits per heavy atom. The van der Waals surface area contributed by atoms with E-state index < -0.39 is 0 Å². The van der Waals surface area contributed by atoms with E-state index in [1.165, 1.54) is 77.2 Å². The first kappa shape index (κ1) is 52.5. The van der Waals surface area contributed by atoms with Crippen LogP contribution in [0.4, 0.5) is 0 Å². The second-order valence-electron chi connectivity index (χ2n) is 22.3. The van der Waals surface area contributed by atoms with E-state index in [4.69, 9.17) is 38.9 Å². The van der Waals surface area contributed by atoms with Gasteiger partial charge in [0.25, 0.3) is 0 Å². The Balaban J connectivity index is 0.000000154. The molecule has 0 aliphatic carbocycles. The van der Waals surface area contributed by atoms with Crippen LogP contribution < -0.4 is 18.9 Å². The van der Waals surface area contributed by atoms with Gasteiger partial charge in [-0.05, 0) is 183 Å². The molecule has 416 valence electrons. The van der Waals surface area contributed by atoms with E-state index in [1.807, 2.05) is 37.3 Å². The number of aryl methyl sites for hydroxylation is 2. The van der Waals surface area contributed by atoms with Gasteiger partial charge < -0.3 is 44.0 Å². The number of rotatable bonds is 15. The topological polar surface area (TPSA) is 170 Å². The maximum Gasteiger partial charge on any atom is 0.161 e. The number of benzene rings is 6. The van der Waals surface area contributed by atoms with E-state index in [0.29, 0.717) is 12.4 Å². The Bertz CT molecular complexity index is 4220. The molecule has 14 rings (SSSR count). The van der Waals surface area contributed by atoms with Crippen LogP contribution in [0.25, 0.3) is 43.6 Å². The third kappa shape index (κ3) is 9.89. The lowest BCUT2D eigenvalue weighted by Gasteiger charge is -2.24. The van der Waals surface area contributed by atoms with Gasteiger partial charge >= 0.3 is 0 Å². The maximum absolute atomic E-state index is 10.5. The van der Waals surface area contributed by atoms with E-state index in [9.17, 15) is 5.11 Å². The summed E-state index contributed by atoms with van der Waals surface area (Å²) in [6, 6.07) is 40.0. The molecular weight excluding hydrogens is 1020 g/mol. The average Bonchev–Trinajstić information content (AvgIpc) is 4.30. The number of hydrogen-bond donors (Lipinski definition) is 5. The second-order valence-corrected chi connectivity index (χ2v) is 22.3. The average molecular weight is 1090 g/mol. The van der Waals surface area contributed by atoms with Crippen LogP contribution in [0.3, 0.4) is 0 Å². The monoisotopic (exact) mass is 1090 g/mol. The molecule has 13 nitrogen and oxygen atoms in total. The van der Waals surface area contributed by atoms with Crippen LogP contribution in [0, 0.1) is 13.8 Å². The molecule has 82 heavy (non-hydrogen) atoms. The molecule has 0 fully saturated rings. The lowest BCUT2D eigenvalue weighted by atomic mass is 9.84. The number of phenols is 1. The number of aromatic nitrogens is 4. The molecule has 0 spiro atoms. The number of aliphatic imine (C=N–C) groups is 4. The molecule has 0 saturated heterocycles. The number of para-hydroxylation sites is 1. The fourth-order valence-corrected chi connectivity index (χ4v) is 13.3. The first-order valence-electron chi connectivity index (χ1n) is 29.0. The fourth-order valence-electron chi connectivity index (χ4n) is 13.3. The van der Waals surface area contributed by atoms with Crippen LogP contribution in [0.15, 0.2) is 135 Å². The number of nitrogens with one attached hydrogen (secondary N) is 4. The Labute approximate surface area is 477 Å². The standard InChI is InChI=1S/C35H36N4O3.C34H34N4O2/c1-4-42-33-18-21(6-10-32(33)40)22(16-30-34-26(11-13-36-30)24-8-5-20(2)15-28(24)38-34)17-31-35-27(12-14-37-31)25-9-7-23(41-3)19-29(25)39-35;1-20-8-10-24-26-12-14-35-30(33(26)37-28(24)16-20)17-21(23-6-4-5-7-32(23)40-3)18-31-34-27(13-15-36-31)25-11-9-22(39-2)19-29(25)38-34/h5-10,15,18-19,22,38-40H,4,11-14,16-17H2,1-3H3;4-11,16,19,21,37-38H,12-15,17-18H2,1-3H3. The summed E-state index contributed by atoms with van der Waals surface area (Å²) >= 11 is 0. The summed E-state index contributed by atoms with van der Waals surface area (Å²) in [5, 5.41) is 15.6. The Kier molecular flexibility index (Phi) is 14.3. The summed E-state index contributed by atoms with van der Waals surface area (Å²) < 4.78 is 22.6. The normalized spacial score (nSPS) is 15.3. The van der Waals surface area contributed by atoms with Gasteiger partial charge in [0.1, 0.15) is 17.2 Å². The highest BCUT2D eigenvalue weighted by molar-refractivity contribution is 6.11. The number of phenolic OH excluding ortho intramolecular Hbond substituents is 1. The summed E-state index contributed by atoms with van der Waals surface area (Å²) in [5.41, 5.74) is 23.8. The van der Waals surface area contributed by atoms with Gasteiger partial charge in [-0.25, -0.2) is 0 Å². The zero-order valence-corrected chi connectivity index (χ0v) is 47.7. The lowest BCUT2D eigenvalue weighted by molar-refractivity contribution is 0.317. The molecule has 2 unspecified atom stereocenters. The van der Waals surface area contributed by atoms with Crippen molar-refractivity contribution in [1.82, 2.24) is 19.9 Å². The van der Waals surface area contributed by atoms with Crippen molar-refractivity contribution >= 4 is 66.5 Å². The van der Waals surface area contributed by atoms with Crippen molar-refractivity contribution in [2.75, 3.05) is 54.1 Å². The minimum absolute atomic E-state index is 0.0771. The van der Waals surface area contributed by atoms with Crippen LogP contribution in [-0.4, -0.2) is 102 Å². The number of methoxy groups -OCH3 is 3. The molecule has 0 bridgehead atoms. The summed E-state index contributed by atoms with van der Waals surface area (Å²) in [5.74, 6) is 3.50. The van der Waals surface area contributed by atoms with Gasteiger partial charge in [-0.15, -0.1) is 0 Å². The quantitative estimate of drug-likeness (QED) is 0.0687. The molecular formula is C69H70N8O5. The van der Waals surface area contributed by atoms with Crippen molar-refractivity contribution in [2.45, 2.75) is 84.0 Å². The lowest BCUT2D eigenvalue weighted by Crippen LogP contribution is -2.20. The van der Waals surface area contributed by atoms with E-state index in [2.05, 4.69) is 113 Å². The number of nitrogens with zero attached hydrogens (tertiary/aromatic N) is 4. The highest BCUT2D eigenvalue weighted by atomic mass is 16.5. The highest BCUT2D eigenvalue weighted by Crippen LogP contribution is 2.41. The molecule has 2 atom stereocenters. The number of aromatic amines is 4. The minimum Gasteiger partial charge on any atom is -0.504 e. The number of ether oxygens (including phenoxy) is 4. The van der Waals surface area contributed by atoms with Gasteiger partial charge in [-0.3, -0.25) is 20.0 Å². The number of H-pyrrole nitrogens is 4. The molecule has 4 aromatic heterocycles. The van der Waals surface area contributed by atoms with E-state index in [0.717, 1.165) is 151 Å². The Morgan fingerprint density at radius 1 is 0.451 bits per heavy atom. The van der Waals surface area contributed by atoms with Gasteiger partial charge in [0.05, 0.1) is 73.6 Å². The zero-order chi connectivity index (χ0) is 56.0. The van der Waals surface area contributed by atoms with Crippen LogP contribution in [0.1, 0.15) is 112 Å². The largest absolute Gasteiger partial charge is 0.504 e. The Hall–Kier alpha value is -8.84. The number of aromatic hydroxyl groups is 1. The SMILES string of the molecule is CCOc1cc(C(CC2=NCCc3c2[nH]c2cc(C)ccc32)CC2=NCCc3c2[nH]c2cc(OC)ccc32)ccc1O.COc1ccc2c3c([nH]c2c1)C(CC(CC1=NCCc2c1[nH]c1cc(C)ccc21)c1ccccc1OC)=NCC3.